The number of nitrogens with one attached hydrogen (secondary N) is 1. The molecule has 1 N–H and O–H groups in total. The quantitative estimate of drug-likeness (QED) is 0.880. The number of aromatic nitrogens is 3. The molecule has 1 amide bonds. The van der Waals surface area contributed by atoms with Crippen molar-refractivity contribution in [1.29, 1.82) is 0 Å². The lowest BCUT2D eigenvalue weighted by atomic mass is 10.1. The summed E-state index contributed by atoms with van der Waals surface area (Å²) in [4.78, 5) is 14.0. The molecule has 0 saturated carbocycles. The highest BCUT2D eigenvalue weighted by atomic mass is 32.2. The lowest BCUT2D eigenvalue weighted by molar-refractivity contribution is 0.0749. The fraction of sp³-hybridized carbons (Fsp3) is 0.417. The molecule has 1 atom stereocenters. The van der Waals surface area contributed by atoms with Crippen molar-refractivity contribution in [3.8, 4) is 0 Å². The van der Waals surface area contributed by atoms with Gasteiger partial charge in [0.05, 0.1) is 18.1 Å². The molecule has 1 saturated heterocycles. The molecule has 3 heterocycles. The molecular weight excluding hydrogens is 296 g/mol. The van der Waals surface area contributed by atoms with Gasteiger partial charge >= 0.3 is 0 Å². The molecule has 0 aliphatic carbocycles. The van der Waals surface area contributed by atoms with Gasteiger partial charge < -0.3 is 9.42 Å². The highest BCUT2D eigenvalue weighted by molar-refractivity contribution is 7.90. The smallest absolute Gasteiger partial charge is 0.292 e. The molecule has 0 radical (unpaired) electrons. The fourth-order valence-electron chi connectivity index (χ4n) is 2.54. The molecule has 9 heteroatoms. The summed E-state index contributed by atoms with van der Waals surface area (Å²) in [6.07, 6.45) is 4.54. The Balaban J connectivity index is 1.79. The molecule has 0 bridgehead atoms. The Kier molecular flexibility index (Phi) is 3.28. The summed E-state index contributed by atoms with van der Waals surface area (Å²) in [5.74, 6) is -0.136. The fourth-order valence-corrected chi connectivity index (χ4v) is 3.39. The Morgan fingerprint density at radius 1 is 1.52 bits per heavy atom. The number of carbonyl (C=O) groups excluding carboxylic acids is 1. The number of amides is 1. The summed E-state index contributed by atoms with van der Waals surface area (Å²) in [6, 6.07) is 1.51. The summed E-state index contributed by atoms with van der Waals surface area (Å²) in [6.45, 7) is 0.955. The van der Waals surface area contributed by atoms with E-state index in [2.05, 4.69) is 15.4 Å². The van der Waals surface area contributed by atoms with Crippen molar-refractivity contribution in [3.05, 3.63) is 29.9 Å². The number of H-pyrrole nitrogens is 1. The lowest BCUT2D eigenvalue weighted by Crippen LogP contribution is -2.28. The summed E-state index contributed by atoms with van der Waals surface area (Å²) in [7, 11) is -3.33. The maximum atomic E-state index is 12.2. The maximum absolute atomic E-state index is 12.2. The van der Waals surface area contributed by atoms with Gasteiger partial charge in [0.25, 0.3) is 5.91 Å². The van der Waals surface area contributed by atoms with Crippen LogP contribution in [0.15, 0.2) is 27.9 Å². The second-order valence-corrected chi connectivity index (χ2v) is 7.02. The number of nitrogens with zero attached hydrogens (tertiary/aromatic N) is 3. The molecule has 112 valence electrons. The minimum absolute atomic E-state index is 0.0795. The molecule has 0 unspecified atom stereocenters. The van der Waals surface area contributed by atoms with Gasteiger partial charge in [0.1, 0.15) is 4.90 Å². The van der Waals surface area contributed by atoms with Crippen LogP contribution >= 0.6 is 0 Å². The minimum atomic E-state index is -3.33. The van der Waals surface area contributed by atoms with Crippen molar-refractivity contribution < 1.29 is 17.7 Å². The number of rotatable bonds is 3. The Bertz CT molecular complexity index is 750. The average Bonchev–Trinajstić information content (AvgIpc) is 3.16. The molecule has 3 rings (SSSR count). The molecule has 21 heavy (non-hydrogen) atoms. The van der Waals surface area contributed by atoms with Gasteiger partial charge in [0.15, 0.2) is 9.84 Å². The van der Waals surface area contributed by atoms with Crippen LogP contribution in [0.2, 0.25) is 0 Å². The van der Waals surface area contributed by atoms with Crippen LogP contribution in [0.3, 0.4) is 0 Å². The first-order valence-electron chi connectivity index (χ1n) is 6.40. The van der Waals surface area contributed by atoms with Gasteiger partial charge in [0.2, 0.25) is 5.76 Å². The first kappa shape index (κ1) is 13.8. The Morgan fingerprint density at radius 3 is 3.00 bits per heavy atom. The van der Waals surface area contributed by atoms with E-state index in [1.54, 1.807) is 4.90 Å². The zero-order valence-corrected chi connectivity index (χ0v) is 12.1. The SMILES string of the molecule is CS(=O)(=O)c1cn[nH]c1[C@@H]1CCN(C(=O)c2ccno2)C1. The number of hydrogen-bond donors (Lipinski definition) is 1. The molecule has 8 nitrogen and oxygen atoms in total. The second kappa shape index (κ2) is 4.99. The first-order chi connectivity index (χ1) is 9.97. The normalized spacial score (nSPS) is 19.1. The van der Waals surface area contributed by atoms with E-state index in [0.717, 1.165) is 6.26 Å². The van der Waals surface area contributed by atoms with Crippen LogP contribution in [0.4, 0.5) is 0 Å². The summed E-state index contributed by atoms with van der Waals surface area (Å²) < 4.78 is 28.3. The highest BCUT2D eigenvalue weighted by Crippen LogP contribution is 2.30. The molecule has 0 spiro atoms. The summed E-state index contributed by atoms with van der Waals surface area (Å²) in [5, 5.41) is 10.1. The van der Waals surface area contributed by atoms with E-state index in [0.29, 0.717) is 25.2 Å². The van der Waals surface area contributed by atoms with E-state index in [9.17, 15) is 13.2 Å². The van der Waals surface area contributed by atoms with Crippen molar-refractivity contribution in [2.24, 2.45) is 0 Å². The van der Waals surface area contributed by atoms with Crippen LogP contribution in [0.5, 0.6) is 0 Å². The van der Waals surface area contributed by atoms with E-state index < -0.39 is 9.84 Å². The zero-order chi connectivity index (χ0) is 15.0. The monoisotopic (exact) mass is 310 g/mol. The Labute approximate surface area is 121 Å². The molecule has 1 fully saturated rings. The minimum Gasteiger partial charge on any atom is -0.351 e. The van der Waals surface area contributed by atoms with Gasteiger partial charge in [-0.25, -0.2) is 8.42 Å². The second-order valence-electron chi connectivity index (χ2n) is 5.03. The number of likely N-dealkylation sites (tertiary alicyclic amines) is 1. The topological polar surface area (TPSA) is 109 Å². The van der Waals surface area contributed by atoms with Crippen LogP contribution in [0.1, 0.15) is 28.6 Å². The van der Waals surface area contributed by atoms with Gasteiger partial charge in [-0.2, -0.15) is 5.10 Å². The van der Waals surface area contributed by atoms with E-state index in [4.69, 9.17) is 4.52 Å². The van der Waals surface area contributed by atoms with Crippen LogP contribution < -0.4 is 0 Å². The van der Waals surface area contributed by atoms with Gasteiger partial charge in [-0.05, 0) is 6.42 Å². The van der Waals surface area contributed by atoms with Crippen LogP contribution in [0, 0.1) is 0 Å². The van der Waals surface area contributed by atoms with E-state index in [-0.39, 0.29) is 22.5 Å². The third-order valence-electron chi connectivity index (χ3n) is 3.56. The van der Waals surface area contributed by atoms with Crippen molar-refractivity contribution in [2.75, 3.05) is 19.3 Å². The lowest BCUT2D eigenvalue weighted by Gasteiger charge is -2.14. The van der Waals surface area contributed by atoms with Gasteiger partial charge in [-0.15, -0.1) is 0 Å². The van der Waals surface area contributed by atoms with Gasteiger partial charge in [-0.3, -0.25) is 9.89 Å². The average molecular weight is 310 g/mol. The van der Waals surface area contributed by atoms with Crippen LogP contribution in [0.25, 0.3) is 0 Å². The summed E-state index contributed by atoms with van der Waals surface area (Å²) >= 11 is 0. The Morgan fingerprint density at radius 2 is 2.33 bits per heavy atom. The van der Waals surface area contributed by atoms with Crippen LogP contribution in [-0.2, 0) is 9.84 Å². The molecule has 1 aliphatic rings. The van der Waals surface area contributed by atoms with Crippen molar-refractivity contribution in [3.63, 3.8) is 0 Å². The van der Waals surface area contributed by atoms with Crippen LogP contribution in [-0.4, -0.2) is 53.9 Å². The number of aromatic amines is 1. The number of carbonyl (C=O) groups is 1. The van der Waals surface area contributed by atoms with Crippen molar-refractivity contribution >= 4 is 15.7 Å². The molecule has 1 aliphatic heterocycles. The van der Waals surface area contributed by atoms with Crippen molar-refractivity contribution in [2.45, 2.75) is 17.2 Å². The van der Waals surface area contributed by atoms with Gasteiger partial charge in [0, 0.05) is 31.3 Å². The van der Waals surface area contributed by atoms with E-state index in [1.165, 1.54) is 18.5 Å². The first-order valence-corrected chi connectivity index (χ1v) is 8.29. The van der Waals surface area contributed by atoms with Gasteiger partial charge in [-0.1, -0.05) is 5.16 Å². The predicted octanol–water partition coefficient (Wildman–Crippen LogP) is 0.431. The third-order valence-corrected chi connectivity index (χ3v) is 4.69. The number of hydrogen-bond acceptors (Lipinski definition) is 6. The predicted molar refractivity (Wildman–Crippen MR) is 71.5 cm³/mol. The molecular formula is C12H14N4O4S. The third kappa shape index (κ3) is 2.56. The van der Waals surface area contributed by atoms with E-state index >= 15 is 0 Å². The Hall–Kier alpha value is -2.16. The largest absolute Gasteiger partial charge is 0.351 e. The highest BCUT2D eigenvalue weighted by Gasteiger charge is 2.33. The van der Waals surface area contributed by atoms with Crippen molar-refractivity contribution in [1.82, 2.24) is 20.3 Å². The number of sulfone groups is 1. The molecule has 2 aromatic heterocycles. The van der Waals surface area contributed by atoms with E-state index in [1.807, 2.05) is 0 Å². The summed E-state index contributed by atoms with van der Waals surface area (Å²) in [5.41, 5.74) is 0.561. The molecule has 2 aromatic rings. The maximum Gasteiger partial charge on any atom is 0.292 e. The standard InChI is InChI=1S/C12H14N4O4S/c1-21(18,19)10-6-13-15-11(10)8-3-5-16(7-8)12(17)9-2-4-14-20-9/h2,4,6,8H,3,5,7H2,1H3,(H,13,15)/t8-/m1/s1. The molecule has 0 aromatic carbocycles. The zero-order valence-electron chi connectivity index (χ0n) is 11.3.